The largest absolute Gasteiger partial charge is 0.491 e. The first kappa shape index (κ1) is 36.3. The predicted molar refractivity (Wildman–Crippen MR) is 160 cm³/mol. The van der Waals surface area contributed by atoms with Gasteiger partial charge in [-0.3, -0.25) is 19.0 Å². The van der Waals surface area contributed by atoms with Gasteiger partial charge in [0.25, 0.3) is 5.91 Å². The summed E-state index contributed by atoms with van der Waals surface area (Å²) in [4.78, 5) is 52.2. The number of nitrogens with zero attached hydrogens (tertiary/aromatic N) is 2. The van der Waals surface area contributed by atoms with Crippen molar-refractivity contribution in [1.82, 2.24) is 9.47 Å². The van der Waals surface area contributed by atoms with Crippen molar-refractivity contribution in [3.8, 4) is 11.4 Å². The lowest BCUT2D eigenvalue weighted by Crippen LogP contribution is -2.27. The van der Waals surface area contributed by atoms with Crippen LogP contribution >= 0.6 is 0 Å². The first-order valence-corrected chi connectivity index (χ1v) is 14.4. The number of aliphatic carboxylic acids is 2. The molecule has 0 aliphatic heterocycles. The molecular formula is C31H44N2O11. The standard InChI is InChI=1S/C31H44N2O11/c1-7-43-31(39)27-25(19-21(3)30(37)38)24(18-20(2)29(35)36)26(28(34)32(4)5)33(27)22-8-10-23(11-9-22)44-17-16-42-15-14-41-13-12-40-6/h8-11,20-21H,7,12-19H2,1-6H3,(H,35,36)(H,37,38). The molecule has 2 rings (SSSR count). The maximum Gasteiger partial charge on any atom is 0.355 e. The summed E-state index contributed by atoms with van der Waals surface area (Å²) in [5, 5.41) is 19.4. The maximum atomic E-state index is 13.7. The summed E-state index contributed by atoms with van der Waals surface area (Å²) in [5.41, 5.74) is 1.01. The van der Waals surface area contributed by atoms with E-state index in [2.05, 4.69) is 0 Å². The summed E-state index contributed by atoms with van der Waals surface area (Å²) in [7, 11) is 4.68. The third-order valence-electron chi connectivity index (χ3n) is 6.72. The van der Waals surface area contributed by atoms with Crippen LogP contribution < -0.4 is 4.74 Å². The van der Waals surface area contributed by atoms with Crippen molar-refractivity contribution < 1.29 is 53.1 Å². The molecule has 0 fully saturated rings. The number of benzene rings is 1. The lowest BCUT2D eigenvalue weighted by Gasteiger charge is -2.18. The molecule has 2 unspecified atom stereocenters. The first-order valence-electron chi connectivity index (χ1n) is 14.4. The third-order valence-corrected chi connectivity index (χ3v) is 6.72. The van der Waals surface area contributed by atoms with E-state index in [1.54, 1.807) is 52.4 Å². The molecule has 1 heterocycles. The summed E-state index contributed by atoms with van der Waals surface area (Å²) in [6, 6.07) is 6.65. The number of aromatic nitrogens is 1. The Balaban J connectivity index is 2.54. The number of methoxy groups -OCH3 is 1. The van der Waals surface area contributed by atoms with Crippen molar-refractivity contribution in [2.75, 3.05) is 67.5 Å². The molecular weight excluding hydrogens is 576 g/mol. The van der Waals surface area contributed by atoms with Crippen LogP contribution in [0.2, 0.25) is 0 Å². The van der Waals surface area contributed by atoms with Gasteiger partial charge in [0.1, 0.15) is 23.7 Å². The van der Waals surface area contributed by atoms with Crippen LogP contribution in [0.4, 0.5) is 0 Å². The van der Waals surface area contributed by atoms with Crippen molar-refractivity contribution in [1.29, 1.82) is 0 Å². The van der Waals surface area contributed by atoms with Gasteiger partial charge in [-0.25, -0.2) is 4.79 Å². The maximum absolute atomic E-state index is 13.7. The molecule has 1 aromatic carbocycles. The van der Waals surface area contributed by atoms with Crippen LogP contribution in [0.1, 0.15) is 52.9 Å². The molecule has 244 valence electrons. The highest BCUT2D eigenvalue weighted by Crippen LogP contribution is 2.33. The zero-order chi connectivity index (χ0) is 32.8. The second-order valence-corrected chi connectivity index (χ2v) is 10.4. The van der Waals surface area contributed by atoms with Crippen LogP contribution in [0.25, 0.3) is 5.69 Å². The molecule has 0 saturated heterocycles. The van der Waals surface area contributed by atoms with Crippen LogP contribution in [-0.4, -0.2) is 111 Å². The Bertz CT molecular complexity index is 1250. The molecule has 2 atom stereocenters. The van der Waals surface area contributed by atoms with E-state index >= 15 is 0 Å². The molecule has 0 aliphatic rings. The summed E-state index contributed by atoms with van der Waals surface area (Å²) in [6.07, 6.45) is -0.228. The minimum Gasteiger partial charge on any atom is -0.491 e. The highest BCUT2D eigenvalue weighted by Gasteiger charge is 2.35. The third kappa shape index (κ3) is 10.1. The SMILES string of the molecule is CCOC(=O)c1c(CC(C)C(=O)O)c(CC(C)C(=O)O)c(C(=O)N(C)C)n1-c1ccc(OCCOCCOCCOC)cc1. The number of rotatable bonds is 20. The zero-order valence-corrected chi connectivity index (χ0v) is 26.3. The monoisotopic (exact) mass is 620 g/mol. The van der Waals surface area contributed by atoms with Gasteiger partial charge >= 0.3 is 17.9 Å². The van der Waals surface area contributed by atoms with E-state index in [0.29, 0.717) is 50.0 Å². The van der Waals surface area contributed by atoms with Gasteiger partial charge in [-0.2, -0.15) is 0 Å². The minimum absolute atomic E-state index is 0.0208. The molecule has 0 saturated carbocycles. The fourth-order valence-corrected chi connectivity index (χ4v) is 4.38. The normalized spacial score (nSPS) is 12.4. The van der Waals surface area contributed by atoms with E-state index < -0.39 is 35.7 Å². The molecule has 1 amide bonds. The molecule has 1 aromatic heterocycles. The van der Waals surface area contributed by atoms with E-state index in [-0.39, 0.29) is 43.0 Å². The van der Waals surface area contributed by atoms with Gasteiger partial charge in [-0.15, -0.1) is 0 Å². The van der Waals surface area contributed by atoms with Gasteiger partial charge in [-0.05, 0) is 55.2 Å². The van der Waals surface area contributed by atoms with Gasteiger partial charge in [0.2, 0.25) is 0 Å². The fourth-order valence-electron chi connectivity index (χ4n) is 4.38. The van der Waals surface area contributed by atoms with Crippen LogP contribution in [-0.2, 0) is 41.4 Å². The molecule has 0 spiro atoms. The average Bonchev–Trinajstić information content (AvgIpc) is 3.29. The van der Waals surface area contributed by atoms with E-state index in [1.807, 2.05) is 0 Å². The minimum atomic E-state index is -1.10. The Hall–Kier alpha value is -3.94. The number of carbonyl (C=O) groups is 4. The van der Waals surface area contributed by atoms with Crippen LogP contribution in [0.5, 0.6) is 5.75 Å². The van der Waals surface area contributed by atoms with E-state index in [9.17, 15) is 29.4 Å². The van der Waals surface area contributed by atoms with Crippen LogP contribution in [0, 0.1) is 11.8 Å². The Kier molecular flexibility index (Phi) is 14.8. The molecule has 13 heteroatoms. The number of carboxylic acids is 2. The van der Waals surface area contributed by atoms with Crippen molar-refractivity contribution in [2.24, 2.45) is 11.8 Å². The summed E-state index contributed by atoms with van der Waals surface area (Å²) in [6.45, 7) is 7.09. The van der Waals surface area contributed by atoms with E-state index in [1.165, 1.54) is 23.3 Å². The lowest BCUT2D eigenvalue weighted by atomic mass is 9.91. The highest BCUT2D eigenvalue weighted by atomic mass is 16.6. The Morgan fingerprint density at radius 2 is 1.30 bits per heavy atom. The number of amides is 1. The second-order valence-electron chi connectivity index (χ2n) is 10.4. The van der Waals surface area contributed by atoms with Crippen molar-refractivity contribution >= 4 is 23.8 Å². The molecule has 0 bridgehead atoms. The summed E-state index contributed by atoms with van der Waals surface area (Å²) >= 11 is 0. The van der Waals surface area contributed by atoms with Gasteiger partial charge in [0, 0.05) is 26.9 Å². The molecule has 0 aliphatic carbocycles. The highest BCUT2D eigenvalue weighted by molar-refractivity contribution is 6.00. The van der Waals surface area contributed by atoms with E-state index in [0.717, 1.165) is 0 Å². The number of carbonyl (C=O) groups excluding carboxylic acids is 2. The number of ether oxygens (including phenoxy) is 5. The Morgan fingerprint density at radius 1 is 0.795 bits per heavy atom. The lowest BCUT2D eigenvalue weighted by molar-refractivity contribution is -0.142. The molecule has 44 heavy (non-hydrogen) atoms. The zero-order valence-electron chi connectivity index (χ0n) is 26.3. The topological polar surface area (TPSA) is 163 Å². The van der Waals surface area contributed by atoms with Crippen molar-refractivity contribution in [2.45, 2.75) is 33.6 Å². The number of esters is 1. The predicted octanol–water partition coefficient (Wildman–Crippen LogP) is 2.94. The van der Waals surface area contributed by atoms with Gasteiger partial charge in [-0.1, -0.05) is 13.8 Å². The first-order chi connectivity index (χ1) is 20.9. The molecule has 2 aromatic rings. The van der Waals surface area contributed by atoms with Crippen LogP contribution in [0.15, 0.2) is 24.3 Å². The van der Waals surface area contributed by atoms with Gasteiger partial charge in [0.05, 0.1) is 51.5 Å². The van der Waals surface area contributed by atoms with Crippen LogP contribution in [0.3, 0.4) is 0 Å². The van der Waals surface area contributed by atoms with Gasteiger partial charge < -0.3 is 38.8 Å². The molecule has 0 radical (unpaired) electrons. The van der Waals surface area contributed by atoms with Crippen molar-refractivity contribution in [3.63, 3.8) is 0 Å². The number of hydrogen-bond acceptors (Lipinski definition) is 9. The smallest absolute Gasteiger partial charge is 0.355 e. The fraction of sp³-hybridized carbons (Fsp3) is 0.548. The quantitative estimate of drug-likeness (QED) is 0.165. The van der Waals surface area contributed by atoms with Crippen molar-refractivity contribution in [3.05, 3.63) is 46.8 Å². The molecule has 13 nitrogen and oxygen atoms in total. The summed E-state index contributed by atoms with van der Waals surface area (Å²) in [5.74, 6) is -4.79. The molecule has 2 N–H and O–H groups in total. The number of carboxylic acid groups (broad SMARTS) is 2. The number of hydrogen-bond donors (Lipinski definition) is 2. The summed E-state index contributed by atoms with van der Waals surface area (Å²) < 4.78 is 28.3. The van der Waals surface area contributed by atoms with Gasteiger partial charge in [0.15, 0.2) is 0 Å². The Morgan fingerprint density at radius 3 is 1.77 bits per heavy atom. The Labute approximate surface area is 257 Å². The second kappa shape index (κ2) is 18.0. The van der Waals surface area contributed by atoms with E-state index in [4.69, 9.17) is 23.7 Å². The average molecular weight is 621 g/mol.